The van der Waals surface area contributed by atoms with Crippen LogP contribution >= 0.6 is 0 Å². The van der Waals surface area contributed by atoms with E-state index < -0.39 is 0 Å². The summed E-state index contributed by atoms with van der Waals surface area (Å²) in [6, 6.07) is 18.3. The number of hydrogen-bond donors (Lipinski definition) is 2. The molecule has 2 heterocycles. The van der Waals surface area contributed by atoms with Crippen molar-refractivity contribution in [3.05, 3.63) is 78.2 Å². The monoisotopic (exact) mass is 419 g/mol. The molecule has 1 saturated heterocycles. The minimum Gasteiger partial charge on any atom is -0.356 e. The molecule has 0 radical (unpaired) electrons. The Labute approximate surface area is 181 Å². The first-order valence-corrected chi connectivity index (χ1v) is 10.6. The Balaban J connectivity index is 1.27. The zero-order chi connectivity index (χ0) is 21.5. The summed E-state index contributed by atoms with van der Waals surface area (Å²) in [5, 5.41) is 6.06. The van der Waals surface area contributed by atoms with Gasteiger partial charge in [-0.2, -0.15) is 4.98 Å². The van der Waals surface area contributed by atoms with Crippen LogP contribution in [0.4, 0.5) is 21.8 Å². The summed E-state index contributed by atoms with van der Waals surface area (Å²) in [5.74, 6) is 0.917. The van der Waals surface area contributed by atoms with E-state index in [1.54, 1.807) is 30.5 Å². The van der Waals surface area contributed by atoms with Crippen LogP contribution in [0.25, 0.3) is 0 Å². The van der Waals surface area contributed by atoms with Gasteiger partial charge in [-0.1, -0.05) is 42.5 Å². The Morgan fingerprint density at radius 2 is 1.77 bits per heavy atom. The molecule has 0 spiro atoms. The Bertz CT molecular complexity index is 1010. The molecule has 160 valence electrons. The van der Waals surface area contributed by atoms with Gasteiger partial charge in [-0.3, -0.25) is 4.79 Å². The van der Waals surface area contributed by atoms with Gasteiger partial charge in [-0.15, -0.1) is 0 Å². The fourth-order valence-electron chi connectivity index (χ4n) is 3.73. The second kappa shape index (κ2) is 10.0. The van der Waals surface area contributed by atoms with Gasteiger partial charge in [0.2, 0.25) is 11.9 Å². The van der Waals surface area contributed by atoms with Crippen LogP contribution in [0.3, 0.4) is 0 Å². The quantitative estimate of drug-likeness (QED) is 0.607. The normalized spacial score (nSPS) is 14.3. The number of hydrogen-bond acceptors (Lipinski definition) is 5. The first-order chi connectivity index (χ1) is 15.2. The van der Waals surface area contributed by atoms with Crippen LogP contribution in [-0.4, -0.2) is 35.5 Å². The molecule has 2 N–H and O–H groups in total. The summed E-state index contributed by atoms with van der Waals surface area (Å²) in [6.45, 7) is 2.07. The SMILES string of the molecule is O=C(NCCc1ccccc1)C1CCN(c2nccc(Nc3ccccc3F)n2)CC1. The summed E-state index contributed by atoms with van der Waals surface area (Å²) in [4.78, 5) is 23.5. The number of piperidine rings is 1. The number of para-hydroxylation sites is 1. The summed E-state index contributed by atoms with van der Waals surface area (Å²) in [7, 11) is 0. The van der Waals surface area contributed by atoms with Crippen LogP contribution < -0.4 is 15.5 Å². The van der Waals surface area contributed by atoms with Crippen molar-refractivity contribution in [2.75, 3.05) is 29.9 Å². The van der Waals surface area contributed by atoms with Crippen molar-refractivity contribution in [2.45, 2.75) is 19.3 Å². The second-order valence-electron chi connectivity index (χ2n) is 7.63. The minimum absolute atomic E-state index is 0.00625. The molecule has 1 fully saturated rings. The van der Waals surface area contributed by atoms with Gasteiger partial charge in [0, 0.05) is 31.7 Å². The number of aromatic nitrogens is 2. The third-order valence-corrected chi connectivity index (χ3v) is 5.48. The fourth-order valence-corrected chi connectivity index (χ4v) is 3.73. The number of benzene rings is 2. The largest absolute Gasteiger partial charge is 0.356 e. The Morgan fingerprint density at radius 3 is 2.55 bits per heavy atom. The van der Waals surface area contributed by atoms with Gasteiger partial charge in [-0.25, -0.2) is 9.37 Å². The third-order valence-electron chi connectivity index (χ3n) is 5.48. The van der Waals surface area contributed by atoms with Crippen LogP contribution in [0.2, 0.25) is 0 Å². The average molecular weight is 420 g/mol. The zero-order valence-corrected chi connectivity index (χ0v) is 17.3. The van der Waals surface area contributed by atoms with Crippen molar-refractivity contribution < 1.29 is 9.18 Å². The molecule has 1 aromatic heterocycles. The molecule has 1 aliphatic rings. The highest BCUT2D eigenvalue weighted by molar-refractivity contribution is 5.79. The highest BCUT2D eigenvalue weighted by Gasteiger charge is 2.26. The van der Waals surface area contributed by atoms with Gasteiger partial charge < -0.3 is 15.5 Å². The van der Waals surface area contributed by atoms with E-state index in [-0.39, 0.29) is 17.6 Å². The summed E-state index contributed by atoms with van der Waals surface area (Å²) < 4.78 is 13.9. The smallest absolute Gasteiger partial charge is 0.227 e. The molecule has 0 aliphatic carbocycles. The number of nitrogens with one attached hydrogen (secondary N) is 2. The Kier molecular flexibility index (Phi) is 6.72. The van der Waals surface area contributed by atoms with Crippen molar-refractivity contribution >= 4 is 23.4 Å². The Hall–Kier alpha value is -3.48. The van der Waals surface area contributed by atoms with E-state index in [9.17, 15) is 9.18 Å². The van der Waals surface area contributed by atoms with Crippen molar-refractivity contribution in [1.29, 1.82) is 0 Å². The van der Waals surface area contributed by atoms with Gasteiger partial charge in [0.25, 0.3) is 0 Å². The van der Waals surface area contributed by atoms with Crippen molar-refractivity contribution in [1.82, 2.24) is 15.3 Å². The zero-order valence-electron chi connectivity index (χ0n) is 17.3. The second-order valence-corrected chi connectivity index (χ2v) is 7.63. The lowest BCUT2D eigenvalue weighted by atomic mass is 9.96. The Morgan fingerprint density at radius 1 is 1.03 bits per heavy atom. The van der Waals surface area contributed by atoms with Gasteiger partial charge in [0.15, 0.2) is 0 Å². The summed E-state index contributed by atoms with van der Waals surface area (Å²) in [5.41, 5.74) is 1.59. The molecule has 4 rings (SSSR count). The summed E-state index contributed by atoms with van der Waals surface area (Å²) in [6.07, 6.45) is 4.01. The lowest BCUT2D eigenvalue weighted by molar-refractivity contribution is -0.125. The van der Waals surface area contributed by atoms with Crippen LogP contribution in [0, 0.1) is 11.7 Å². The van der Waals surface area contributed by atoms with E-state index in [1.807, 2.05) is 18.2 Å². The number of carbonyl (C=O) groups excluding carboxylic acids is 1. The molecule has 1 amide bonds. The number of nitrogens with zero attached hydrogens (tertiary/aromatic N) is 3. The topological polar surface area (TPSA) is 70.2 Å². The van der Waals surface area contributed by atoms with Crippen LogP contribution in [0.1, 0.15) is 18.4 Å². The van der Waals surface area contributed by atoms with Crippen molar-refractivity contribution in [3.63, 3.8) is 0 Å². The van der Waals surface area contributed by atoms with E-state index in [0.29, 0.717) is 37.1 Å². The summed E-state index contributed by atoms with van der Waals surface area (Å²) >= 11 is 0. The van der Waals surface area contributed by atoms with Crippen LogP contribution in [-0.2, 0) is 11.2 Å². The molecule has 7 heteroatoms. The van der Waals surface area contributed by atoms with Gasteiger partial charge in [-0.05, 0) is 43.0 Å². The lowest BCUT2D eigenvalue weighted by Gasteiger charge is -2.31. The van der Waals surface area contributed by atoms with E-state index >= 15 is 0 Å². The van der Waals surface area contributed by atoms with Gasteiger partial charge in [0.05, 0.1) is 5.69 Å². The maximum absolute atomic E-state index is 13.9. The van der Waals surface area contributed by atoms with Crippen molar-refractivity contribution in [3.8, 4) is 0 Å². The molecule has 0 atom stereocenters. The predicted molar refractivity (Wildman–Crippen MR) is 120 cm³/mol. The first-order valence-electron chi connectivity index (χ1n) is 10.6. The molecule has 6 nitrogen and oxygen atoms in total. The average Bonchev–Trinajstić information content (AvgIpc) is 2.81. The minimum atomic E-state index is -0.332. The highest BCUT2D eigenvalue weighted by Crippen LogP contribution is 2.23. The fraction of sp³-hybridized carbons (Fsp3) is 0.292. The van der Waals surface area contributed by atoms with Crippen molar-refractivity contribution in [2.24, 2.45) is 5.92 Å². The molecule has 0 saturated carbocycles. The highest BCUT2D eigenvalue weighted by atomic mass is 19.1. The molecule has 0 bridgehead atoms. The van der Waals surface area contributed by atoms with Crippen LogP contribution in [0.15, 0.2) is 66.9 Å². The molecule has 0 unspecified atom stereocenters. The third kappa shape index (κ3) is 5.57. The molecule has 2 aromatic carbocycles. The first kappa shape index (κ1) is 20.8. The standard InChI is InChI=1S/C24H26FN5O/c25-20-8-4-5-9-21(20)28-22-11-15-27-24(29-22)30-16-12-19(13-17-30)23(31)26-14-10-18-6-2-1-3-7-18/h1-9,11,15,19H,10,12-14,16-17H2,(H,26,31)(H,27,28,29). The molecule has 3 aromatic rings. The molecular formula is C24H26FN5O. The predicted octanol–water partition coefficient (Wildman–Crippen LogP) is 3.93. The molecule has 31 heavy (non-hydrogen) atoms. The van der Waals surface area contributed by atoms with Gasteiger partial charge >= 0.3 is 0 Å². The number of carbonyl (C=O) groups is 1. The van der Waals surface area contributed by atoms with Crippen LogP contribution in [0.5, 0.6) is 0 Å². The lowest BCUT2D eigenvalue weighted by Crippen LogP contribution is -2.41. The van der Waals surface area contributed by atoms with E-state index in [1.165, 1.54) is 11.6 Å². The number of rotatable bonds is 7. The van der Waals surface area contributed by atoms with E-state index in [4.69, 9.17) is 0 Å². The van der Waals surface area contributed by atoms with Gasteiger partial charge in [0.1, 0.15) is 11.6 Å². The molecular weight excluding hydrogens is 393 g/mol. The number of amides is 1. The van der Waals surface area contributed by atoms with E-state index in [2.05, 4.69) is 37.6 Å². The molecule has 1 aliphatic heterocycles. The maximum atomic E-state index is 13.9. The maximum Gasteiger partial charge on any atom is 0.227 e. The number of halogens is 1. The van der Waals surface area contributed by atoms with E-state index in [0.717, 1.165) is 19.3 Å². The number of anilines is 3.